The van der Waals surface area contributed by atoms with E-state index in [4.69, 9.17) is 9.47 Å². The van der Waals surface area contributed by atoms with Crippen molar-refractivity contribution < 1.29 is 23.6 Å². The summed E-state index contributed by atoms with van der Waals surface area (Å²) in [7, 11) is 2.76. The van der Waals surface area contributed by atoms with Crippen LogP contribution in [0.2, 0.25) is 0 Å². The van der Waals surface area contributed by atoms with E-state index in [2.05, 4.69) is 4.99 Å². The fourth-order valence-electron chi connectivity index (χ4n) is 1.94. The highest BCUT2D eigenvalue weighted by atomic mass is 19.1. The lowest BCUT2D eigenvalue weighted by molar-refractivity contribution is -0.385. The van der Waals surface area contributed by atoms with E-state index in [-0.39, 0.29) is 17.7 Å². The fourth-order valence-corrected chi connectivity index (χ4v) is 1.94. The van der Waals surface area contributed by atoms with Crippen molar-refractivity contribution in [2.24, 2.45) is 4.99 Å². The molecule has 21 heavy (non-hydrogen) atoms. The Hall–Kier alpha value is -2.15. The van der Waals surface area contributed by atoms with Gasteiger partial charge in [-0.15, -0.1) is 0 Å². The maximum Gasteiger partial charge on any atom is 0.270 e. The fraction of sp³-hybridized carbons (Fsp3) is 0.462. The third-order valence-electron chi connectivity index (χ3n) is 3.12. The van der Waals surface area contributed by atoms with Crippen molar-refractivity contribution >= 4 is 11.8 Å². The van der Waals surface area contributed by atoms with Gasteiger partial charge in [0, 0.05) is 38.3 Å². The monoisotopic (exact) mass is 298 g/mol. The summed E-state index contributed by atoms with van der Waals surface area (Å²) in [5.74, 6) is -0.715. The molecule has 0 aliphatic carbocycles. The molecule has 0 spiro atoms. The van der Waals surface area contributed by atoms with Gasteiger partial charge in [0.1, 0.15) is 11.4 Å². The maximum atomic E-state index is 14.0. The molecule has 0 radical (unpaired) electrons. The van der Waals surface area contributed by atoms with Gasteiger partial charge in [-0.1, -0.05) is 0 Å². The summed E-state index contributed by atoms with van der Waals surface area (Å²) in [4.78, 5) is 24.4. The van der Waals surface area contributed by atoms with Crippen molar-refractivity contribution in [2.75, 3.05) is 14.2 Å². The predicted octanol–water partition coefficient (Wildman–Crippen LogP) is 2.29. The van der Waals surface area contributed by atoms with Crippen molar-refractivity contribution in [3.05, 3.63) is 39.7 Å². The molecule has 1 aromatic rings. The van der Waals surface area contributed by atoms with E-state index in [0.29, 0.717) is 0 Å². The van der Waals surface area contributed by atoms with E-state index in [1.54, 1.807) is 0 Å². The van der Waals surface area contributed by atoms with Crippen LogP contribution in [-0.4, -0.2) is 31.5 Å². The molecule has 1 aromatic carbocycles. The van der Waals surface area contributed by atoms with Crippen molar-refractivity contribution in [1.82, 2.24) is 0 Å². The number of hydrogen-bond donors (Lipinski definition) is 0. The summed E-state index contributed by atoms with van der Waals surface area (Å²) in [6, 6.07) is 3.03. The lowest BCUT2D eigenvalue weighted by Gasteiger charge is -2.27. The molecule has 0 heterocycles. The zero-order chi connectivity index (χ0) is 16.0. The van der Waals surface area contributed by atoms with Crippen molar-refractivity contribution in [3.63, 3.8) is 0 Å². The number of nitro benzene ring substituents is 1. The van der Waals surface area contributed by atoms with Crippen molar-refractivity contribution in [2.45, 2.75) is 25.2 Å². The number of ether oxygens (including phenoxy) is 2. The topological polar surface area (TPSA) is 91.0 Å². The zero-order valence-corrected chi connectivity index (χ0v) is 11.8. The highest BCUT2D eigenvalue weighted by Crippen LogP contribution is 2.35. The molecule has 0 unspecified atom stereocenters. The summed E-state index contributed by atoms with van der Waals surface area (Å²) in [5, 5.41) is 10.8. The molecule has 0 aliphatic rings. The van der Waals surface area contributed by atoms with E-state index < -0.39 is 22.6 Å². The molecule has 0 saturated carbocycles. The summed E-state index contributed by atoms with van der Waals surface area (Å²) in [6.45, 7) is 1.45. The quantitative estimate of drug-likeness (QED) is 0.253. The normalized spacial score (nSPS) is 13.6. The minimum atomic E-state index is -1.39. The Kier molecular flexibility index (Phi) is 5.66. The van der Waals surface area contributed by atoms with Crippen molar-refractivity contribution in [3.8, 4) is 0 Å². The number of isocyanates is 1. The van der Waals surface area contributed by atoms with Gasteiger partial charge in [-0.25, -0.2) is 9.18 Å². The standard InChI is InChI=1S/C13H15FN2O5/c1-13(15-8-17,7-12(20-2)21-3)10-6-9(16(18)19)4-5-11(10)14/h4-6,12H,7H2,1-3H3/t13-/m0/s1. The van der Waals surface area contributed by atoms with Gasteiger partial charge in [0.05, 0.1) is 4.92 Å². The molecule has 1 atom stereocenters. The number of hydrogen-bond acceptors (Lipinski definition) is 6. The molecule has 7 nitrogen and oxygen atoms in total. The molecule has 0 saturated heterocycles. The Bertz CT molecular complexity index is 570. The highest BCUT2D eigenvalue weighted by molar-refractivity contribution is 5.42. The Balaban J connectivity index is 3.36. The molecule has 0 bridgehead atoms. The average Bonchev–Trinajstić information content (AvgIpc) is 2.45. The van der Waals surface area contributed by atoms with Crippen LogP contribution in [0.5, 0.6) is 0 Å². The van der Waals surface area contributed by atoms with Crippen LogP contribution < -0.4 is 0 Å². The highest BCUT2D eigenvalue weighted by Gasteiger charge is 2.34. The second kappa shape index (κ2) is 7.03. The van der Waals surface area contributed by atoms with Crippen LogP contribution in [0.1, 0.15) is 18.9 Å². The Morgan fingerprint density at radius 1 is 1.48 bits per heavy atom. The first-order valence-electron chi connectivity index (χ1n) is 5.97. The molecule has 0 N–H and O–H groups in total. The number of nitrogens with zero attached hydrogens (tertiary/aromatic N) is 2. The number of aliphatic imine (C=N–C) groups is 1. The second-order valence-electron chi connectivity index (χ2n) is 4.50. The summed E-state index contributed by atoms with van der Waals surface area (Å²) in [6.07, 6.45) is 0.598. The minimum Gasteiger partial charge on any atom is -0.356 e. The van der Waals surface area contributed by atoms with Crippen LogP contribution in [0, 0.1) is 15.9 Å². The van der Waals surface area contributed by atoms with Crippen LogP contribution in [0.25, 0.3) is 0 Å². The first-order valence-corrected chi connectivity index (χ1v) is 5.97. The number of benzene rings is 1. The molecule has 0 aliphatic heterocycles. The number of rotatable bonds is 7. The van der Waals surface area contributed by atoms with Gasteiger partial charge < -0.3 is 9.47 Å². The van der Waals surface area contributed by atoms with E-state index in [9.17, 15) is 19.3 Å². The Morgan fingerprint density at radius 3 is 2.57 bits per heavy atom. The molecule has 0 aromatic heterocycles. The summed E-state index contributed by atoms with van der Waals surface area (Å²) >= 11 is 0. The van der Waals surface area contributed by atoms with Crippen LogP contribution in [0.3, 0.4) is 0 Å². The van der Waals surface area contributed by atoms with Crippen LogP contribution in [0.15, 0.2) is 23.2 Å². The van der Waals surface area contributed by atoms with Crippen LogP contribution in [-0.2, 0) is 19.8 Å². The van der Waals surface area contributed by atoms with Gasteiger partial charge in [-0.3, -0.25) is 10.1 Å². The largest absolute Gasteiger partial charge is 0.356 e. The van der Waals surface area contributed by atoms with Crippen LogP contribution in [0.4, 0.5) is 10.1 Å². The SMILES string of the molecule is COC(C[C@](C)(N=C=O)c1cc([N+](=O)[O-])ccc1F)OC. The number of non-ortho nitro benzene ring substituents is 1. The minimum absolute atomic E-state index is 0.00662. The molecular weight excluding hydrogens is 283 g/mol. The van der Waals surface area contributed by atoms with Gasteiger partial charge in [-0.05, 0) is 13.0 Å². The van der Waals surface area contributed by atoms with E-state index >= 15 is 0 Å². The van der Waals surface area contributed by atoms with E-state index in [1.807, 2.05) is 0 Å². The maximum absolute atomic E-state index is 14.0. The molecule has 114 valence electrons. The third kappa shape index (κ3) is 3.91. The lowest BCUT2D eigenvalue weighted by Crippen LogP contribution is -2.29. The first-order chi connectivity index (χ1) is 9.87. The van der Waals surface area contributed by atoms with Gasteiger partial charge in [0.2, 0.25) is 6.08 Å². The van der Waals surface area contributed by atoms with Gasteiger partial charge in [0.25, 0.3) is 5.69 Å². The number of carbonyl (C=O) groups excluding carboxylic acids is 1. The second-order valence-corrected chi connectivity index (χ2v) is 4.50. The van der Waals surface area contributed by atoms with Gasteiger partial charge in [-0.2, -0.15) is 4.99 Å². The van der Waals surface area contributed by atoms with Crippen LogP contribution >= 0.6 is 0 Å². The molecule has 0 amide bonds. The Labute approximate surface area is 120 Å². The average molecular weight is 298 g/mol. The van der Waals surface area contributed by atoms with E-state index in [1.165, 1.54) is 27.2 Å². The summed E-state index contributed by atoms with van der Waals surface area (Å²) in [5.41, 5.74) is -1.79. The molecule has 8 heteroatoms. The third-order valence-corrected chi connectivity index (χ3v) is 3.12. The number of nitro groups is 1. The Morgan fingerprint density at radius 2 is 2.10 bits per heavy atom. The zero-order valence-electron chi connectivity index (χ0n) is 11.8. The first kappa shape index (κ1) is 16.9. The molecule has 1 rings (SSSR count). The number of halogens is 1. The molecule has 0 fully saturated rings. The van der Waals surface area contributed by atoms with E-state index in [0.717, 1.165) is 18.2 Å². The van der Waals surface area contributed by atoms with Gasteiger partial charge >= 0.3 is 0 Å². The lowest BCUT2D eigenvalue weighted by atomic mass is 9.88. The van der Waals surface area contributed by atoms with Gasteiger partial charge in [0.15, 0.2) is 6.29 Å². The number of methoxy groups -OCH3 is 2. The summed E-state index contributed by atoms with van der Waals surface area (Å²) < 4.78 is 24.0. The molecular formula is C13H15FN2O5. The van der Waals surface area contributed by atoms with Crippen molar-refractivity contribution in [1.29, 1.82) is 0 Å². The predicted molar refractivity (Wildman–Crippen MR) is 71.0 cm³/mol. The smallest absolute Gasteiger partial charge is 0.270 e.